The number of nitrogens with one attached hydrogen (secondary N) is 2. The van der Waals surface area contributed by atoms with E-state index in [0.29, 0.717) is 40.3 Å². The first-order valence-electron chi connectivity index (χ1n) is 12.1. The van der Waals surface area contributed by atoms with E-state index in [1.54, 1.807) is 6.07 Å². The van der Waals surface area contributed by atoms with Crippen molar-refractivity contribution in [3.05, 3.63) is 112 Å². The van der Waals surface area contributed by atoms with Crippen LogP contribution < -0.4 is 16.3 Å². The zero-order valence-corrected chi connectivity index (χ0v) is 19.5. The minimum atomic E-state index is -1.39. The molecule has 7 rings (SSSR count). The van der Waals surface area contributed by atoms with Crippen LogP contribution in [0.5, 0.6) is 0 Å². The number of benzene rings is 3. The molecule has 0 radical (unpaired) electrons. The van der Waals surface area contributed by atoms with Crippen molar-refractivity contribution in [3.63, 3.8) is 0 Å². The molecule has 3 aromatic carbocycles. The standard InChI is InChI=1S/C29H22N4O3/c1-2-10-21-23-26(33(32-21)17-11-4-3-5-12-17)31-25-18-13-6-9-16-22(18)36-27(34)24(25)29(23)19-14-7-8-15-20(19)30-28(29)35/h3-9,11-16,31H,2,10H2,1H3,(H,30,35)/t29-/m0/s1. The summed E-state index contributed by atoms with van der Waals surface area (Å²) in [4.78, 5) is 27.9. The molecule has 0 saturated heterocycles. The molecule has 36 heavy (non-hydrogen) atoms. The number of carbonyl (C=O) groups excluding carboxylic acids is 1. The van der Waals surface area contributed by atoms with E-state index in [4.69, 9.17) is 9.52 Å². The molecule has 0 unspecified atom stereocenters. The maximum Gasteiger partial charge on any atom is 0.343 e. The van der Waals surface area contributed by atoms with Gasteiger partial charge in [-0.05, 0) is 36.8 Å². The minimum absolute atomic E-state index is 0.278. The lowest BCUT2D eigenvalue weighted by Gasteiger charge is -2.35. The van der Waals surface area contributed by atoms with Crippen LogP contribution in [-0.4, -0.2) is 15.7 Å². The third kappa shape index (κ3) is 2.54. The van der Waals surface area contributed by atoms with Crippen molar-refractivity contribution in [1.82, 2.24) is 9.78 Å². The maximum absolute atomic E-state index is 14.2. The smallest absolute Gasteiger partial charge is 0.343 e. The Morgan fingerprint density at radius 2 is 1.64 bits per heavy atom. The summed E-state index contributed by atoms with van der Waals surface area (Å²) in [6.07, 6.45) is 1.48. The van der Waals surface area contributed by atoms with E-state index in [1.165, 1.54) is 0 Å². The minimum Gasteiger partial charge on any atom is -0.422 e. The summed E-state index contributed by atoms with van der Waals surface area (Å²) in [5, 5.41) is 12.3. The second-order valence-electron chi connectivity index (χ2n) is 9.18. The van der Waals surface area contributed by atoms with Gasteiger partial charge in [0.25, 0.3) is 0 Å². The van der Waals surface area contributed by atoms with Crippen LogP contribution in [0.15, 0.2) is 88.1 Å². The SMILES string of the molecule is CCCc1nn(-c2ccccc2)c2c1[C@]1(C(=O)Nc3ccccc31)c1c(c3ccccc3oc1=O)N2. The molecule has 7 heteroatoms. The third-order valence-corrected chi connectivity index (χ3v) is 7.17. The number of anilines is 3. The lowest BCUT2D eigenvalue weighted by Crippen LogP contribution is -2.44. The molecule has 7 nitrogen and oxygen atoms in total. The summed E-state index contributed by atoms with van der Waals surface area (Å²) < 4.78 is 7.66. The first-order valence-corrected chi connectivity index (χ1v) is 12.1. The van der Waals surface area contributed by atoms with E-state index in [9.17, 15) is 9.59 Å². The van der Waals surface area contributed by atoms with E-state index < -0.39 is 11.0 Å². The predicted octanol–water partition coefficient (Wildman–Crippen LogP) is 5.27. The molecule has 2 aliphatic rings. The van der Waals surface area contributed by atoms with E-state index >= 15 is 0 Å². The number of fused-ring (bicyclic) bond motifs is 8. The molecule has 5 aromatic rings. The summed E-state index contributed by atoms with van der Waals surface area (Å²) in [5.41, 5.74) is 3.13. The molecule has 176 valence electrons. The largest absolute Gasteiger partial charge is 0.422 e. The highest BCUT2D eigenvalue weighted by Gasteiger charge is 2.58. The lowest BCUT2D eigenvalue weighted by atomic mass is 9.67. The van der Waals surface area contributed by atoms with Gasteiger partial charge in [0.05, 0.1) is 22.6 Å². The van der Waals surface area contributed by atoms with Crippen LogP contribution in [0, 0.1) is 0 Å². The Balaban J connectivity index is 1.69. The molecule has 1 atom stereocenters. The van der Waals surface area contributed by atoms with Crippen LogP contribution in [-0.2, 0) is 16.6 Å². The van der Waals surface area contributed by atoms with Crippen molar-refractivity contribution >= 4 is 34.1 Å². The number of hydrogen-bond acceptors (Lipinski definition) is 5. The Bertz CT molecular complexity index is 1750. The van der Waals surface area contributed by atoms with Crippen LogP contribution in [0.4, 0.5) is 17.2 Å². The lowest BCUT2D eigenvalue weighted by molar-refractivity contribution is -0.118. The normalized spacial score (nSPS) is 17.4. The Hall–Kier alpha value is -4.65. The van der Waals surface area contributed by atoms with Crippen LogP contribution >= 0.6 is 0 Å². The molecule has 2 aromatic heterocycles. The zero-order chi connectivity index (χ0) is 24.4. The predicted molar refractivity (Wildman–Crippen MR) is 138 cm³/mol. The molecule has 0 saturated carbocycles. The van der Waals surface area contributed by atoms with Crippen molar-refractivity contribution in [3.8, 4) is 5.69 Å². The Morgan fingerprint density at radius 1 is 0.889 bits per heavy atom. The van der Waals surface area contributed by atoms with Gasteiger partial charge in [0, 0.05) is 22.2 Å². The summed E-state index contributed by atoms with van der Waals surface area (Å²) >= 11 is 0. The molecular weight excluding hydrogens is 452 g/mol. The van der Waals surface area contributed by atoms with Gasteiger partial charge in [-0.15, -0.1) is 0 Å². The average molecular weight is 475 g/mol. The Morgan fingerprint density at radius 3 is 2.47 bits per heavy atom. The van der Waals surface area contributed by atoms with Gasteiger partial charge in [-0.25, -0.2) is 9.48 Å². The van der Waals surface area contributed by atoms with Crippen molar-refractivity contribution in [2.75, 3.05) is 10.6 Å². The van der Waals surface area contributed by atoms with Gasteiger partial charge in [-0.1, -0.05) is 61.9 Å². The highest BCUT2D eigenvalue weighted by atomic mass is 16.4. The highest BCUT2D eigenvalue weighted by Crippen LogP contribution is 2.56. The van der Waals surface area contributed by atoms with Crippen LogP contribution in [0.2, 0.25) is 0 Å². The summed E-state index contributed by atoms with van der Waals surface area (Å²) in [7, 11) is 0. The van der Waals surface area contributed by atoms with Gasteiger partial charge in [0.2, 0.25) is 5.91 Å². The van der Waals surface area contributed by atoms with Crippen molar-refractivity contribution in [2.45, 2.75) is 25.2 Å². The van der Waals surface area contributed by atoms with Gasteiger partial charge < -0.3 is 15.1 Å². The topological polar surface area (TPSA) is 89.2 Å². The van der Waals surface area contributed by atoms with E-state index in [2.05, 4.69) is 17.6 Å². The number of hydrogen-bond donors (Lipinski definition) is 2. The fraction of sp³-hybridized carbons (Fsp3) is 0.138. The summed E-state index contributed by atoms with van der Waals surface area (Å²) in [6.45, 7) is 2.08. The van der Waals surface area contributed by atoms with Gasteiger partial charge in [0.1, 0.15) is 16.8 Å². The number of carbonyl (C=O) groups is 1. The molecule has 2 N–H and O–H groups in total. The first-order chi connectivity index (χ1) is 17.6. The van der Waals surface area contributed by atoms with Crippen molar-refractivity contribution < 1.29 is 9.21 Å². The number of aryl methyl sites for hydroxylation is 1. The van der Waals surface area contributed by atoms with Crippen molar-refractivity contribution in [1.29, 1.82) is 0 Å². The van der Waals surface area contributed by atoms with Crippen molar-refractivity contribution in [2.24, 2.45) is 0 Å². The van der Waals surface area contributed by atoms with Gasteiger partial charge >= 0.3 is 5.63 Å². The average Bonchev–Trinajstić information content (AvgIpc) is 3.40. The molecule has 4 heterocycles. The fourth-order valence-corrected chi connectivity index (χ4v) is 5.76. The summed E-state index contributed by atoms with van der Waals surface area (Å²) in [6, 6.07) is 24.8. The van der Waals surface area contributed by atoms with Crippen LogP contribution in [0.1, 0.15) is 35.7 Å². The fourth-order valence-electron chi connectivity index (χ4n) is 5.76. The second kappa shape index (κ2) is 7.42. The second-order valence-corrected chi connectivity index (χ2v) is 9.18. The van der Waals surface area contributed by atoms with Gasteiger partial charge in [-0.3, -0.25) is 4.79 Å². The Labute approximate surface area is 206 Å². The number of nitrogens with zero attached hydrogens (tertiary/aromatic N) is 2. The van der Waals surface area contributed by atoms with Gasteiger partial charge in [0.15, 0.2) is 0 Å². The molecule has 0 fully saturated rings. The van der Waals surface area contributed by atoms with E-state index in [-0.39, 0.29) is 5.91 Å². The first kappa shape index (κ1) is 20.7. The quantitative estimate of drug-likeness (QED) is 0.348. The third-order valence-electron chi connectivity index (χ3n) is 7.17. The molecule has 2 aliphatic heterocycles. The van der Waals surface area contributed by atoms with E-state index in [0.717, 1.165) is 28.8 Å². The molecule has 1 amide bonds. The summed E-state index contributed by atoms with van der Waals surface area (Å²) in [5.74, 6) is 0.403. The maximum atomic E-state index is 14.2. The van der Waals surface area contributed by atoms with Gasteiger partial charge in [-0.2, -0.15) is 5.10 Å². The molecule has 0 aliphatic carbocycles. The van der Waals surface area contributed by atoms with E-state index in [1.807, 2.05) is 77.5 Å². The highest BCUT2D eigenvalue weighted by molar-refractivity contribution is 6.15. The monoisotopic (exact) mass is 474 g/mol. The number of aromatic nitrogens is 2. The number of rotatable bonds is 3. The number of para-hydroxylation sites is 3. The number of amides is 1. The van der Waals surface area contributed by atoms with Crippen LogP contribution in [0.25, 0.3) is 16.7 Å². The zero-order valence-electron chi connectivity index (χ0n) is 19.5. The molecular formula is C29H22N4O3. The Kier molecular flexibility index (Phi) is 4.27. The molecule has 0 bridgehead atoms. The molecule has 1 spiro atoms. The van der Waals surface area contributed by atoms with Crippen LogP contribution in [0.3, 0.4) is 0 Å².